The van der Waals surface area contributed by atoms with Crippen molar-refractivity contribution >= 4 is 22.4 Å². The third-order valence-electron chi connectivity index (χ3n) is 8.51. The summed E-state index contributed by atoms with van der Waals surface area (Å²) in [4.78, 5) is 7.60. The summed E-state index contributed by atoms with van der Waals surface area (Å²) in [6.45, 7) is 4.75. The number of nitrogens with zero attached hydrogens (tertiary/aromatic N) is 3. The summed E-state index contributed by atoms with van der Waals surface area (Å²) in [6.07, 6.45) is 7.62. The molecule has 160 valence electrons. The molecule has 0 N–H and O–H groups in total. The Morgan fingerprint density at radius 2 is 1.66 bits per heavy atom. The summed E-state index contributed by atoms with van der Waals surface area (Å²) < 4.78 is 2.37. The molecular formula is C29H29N3. The molecule has 3 heterocycles. The van der Waals surface area contributed by atoms with Crippen molar-refractivity contribution < 1.29 is 0 Å². The molecule has 3 aromatic carbocycles. The average molecular weight is 420 g/mol. The Hall–Kier alpha value is -3.07. The number of benzene rings is 3. The molecule has 1 aliphatic carbocycles. The summed E-state index contributed by atoms with van der Waals surface area (Å²) >= 11 is 0. The van der Waals surface area contributed by atoms with Gasteiger partial charge in [0.05, 0.1) is 16.7 Å². The van der Waals surface area contributed by atoms with Gasteiger partial charge in [-0.2, -0.15) is 0 Å². The molecule has 3 aliphatic rings. The van der Waals surface area contributed by atoms with Crippen molar-refractivity contribution in [1.82, 2.24) is 9.55 Å². The van der Waals surface area contributed by atoms with E-state index in [4.69, 9.17) is 4.98 Å². The van der Waals surface area contributed by atoms with Crippen molar-refractivity contribution in [1.29, 1.82) is 0 Å². The number of aryl methyl sites for hydroxylation is 1. The van der Waals surface area contributed by atoms with Gasteiger partial charge >= 0.3 is 0 Å². The third-order valence-corrected chi connectivity index (χ3v) is 8.51. The number of hydrogen-bond donors (Lipinski definition) is 0. The molecule has 32 heavy (non-hydrogen) atoms. The molecule has 0 radical (unpaired) electrons. The molecule has 0 bridgehead atoms. The van der Waals surface area contributed by atoms with Crippen LogP contribution in [0.2, 0.25) is 0 Å². The number of fused-ring (bicyclic) bond motifs is 7. The summed E-state index contributed by atoms with van der Waals surface area (Å²) in [5.41, 5.74) is 11.0. The van der Waals surface area contributed by atoms with Gasteiger partial charge < -0.3 is 4.90 Å². The molecule has 1 fully saturated rings. The van der Waals surface area contributed by atoms with Crippen molar-refractivity contribution in [3.63, 3.8) is 0 Å². The summed E-state index contributed by atoms with van der Waals surface area (Å²) in [6, 6.07) is 23.1. The highest BCUT2D eigenvalue weighted by molar-refractivity contribution is 5.82. The first kappa shape index (κ1) is 18.5. The minimum absolute atomic E-state index is 0.295. The molecular weight excluding hydrogens is 390 g/mol. The lowest BCUT2D eigenvalue weighted by atomic mass is 9.67. The number of hydrogen-bond acceptors (Lipinski definition) is 2. The highest BCUT2D eigenvalue weighted by Crippen LogP contribution is 2.56. The second-order valence-electron chi connectivity index (χ2n) is 10.1. The van der Waals surface area contributed by atoms with Crippen molar-refractivity contribution in [2.24, 2.45) is 0 Å². The Balaban J connectivity index is 1.38. The van der Waals surface area contributed by atoms with Crippen LogP contribution in [0.25, 0.3) is 16.7 Å². The van der Waals surface area contributed by atoms with Crippen molar-refractivity contribution in [2.45, 2.75) is 63.8 Å². The lowest BCUT2D eigenvalue weighted by molar-refractivity contribution is 0.268. The van der Waals surface area contributed by atoms with Gasteiger partial charge in [0.15, 0.2) is 0 Å². The molecule has 0 amide bonds. The summed E-state index contributed by atoms with van der Waals surface area (Å²) in [5.74, 6) is 1.16. The minimum Gasteiger partial charge on any atom is -0.337 e. The molecule has 0 saturated heterocycles. The smallest absolute Gasteiger partial charge is 0.118 e. The molecule has 1 aromatic heterocycles. The first-order valence-electron chi connectivity index (χ1n) is 12.2. The van der Waals surface area contributed by atoms with Crippen LogP contribution in [0.5, 0.6) is 0 Å². The molecule has 3 nitrogen and oxygen atoms in total. The summed E-state index contributed by atoms with van der Waals surface area (Å²) in [5, 5.41) is 0. The van der Waals surface area contributed by atoms with Crippen LogP contribution in [-0.2, 0) is 11.8 Å². The van der Waals surface area contributed by atoms with E-state index in [0.29, 0.717) is 11.5 Å². The highest BCUT2D eigenvalue weighted by Gasteiger charge is 2.49. The monoisotopic (exact) mass is 419 g/mol. The van der Waals surface area contributed by atoms with Gasteiger partial charge in [-0.3, -0.25) is 4.57 Å². The number of anilines is 2. The molecule has 7 rings (SSSR count). The SMILES string of the molecule is Cc1cc2c(cc1N1c3ccccc3C3(CCCCC3)C1C)Cc1nc3ccccc3n1-2. The van der Waals surface area contributed by atoms with Crippen LogP contribution in [0, 0.1) is 6.92 Å². The number of para-hydroxylation sites is 3. The second kappa shape index (κ2) is 6.48. The van der Waals surface area contributed by atoms with Gasteiger partial charge in [-0.15, -0.1) is 0 Å². The third kappa shape index (κ3) is 2.29. The van der Waals surface area contributed by atoms with Crippen LogP contribution in [0.3, 0.4) is 0 Å². The van der Waals surface area contributed by atoms with Crippen molar-refractivity contribution in [3.05, 3.63) is 83.2 Å². The van der Waals surface area contributed by atoms with Gasteiger partial charge in [0.1, 0.15) is 5.82 Å². The molecule has 1 atom stereocenters. The van der Waals surface area contributed by atoms with Gasteiger partial charge in [0, 0.05) is 29.3 Å². The lowest BCUT2D eigenvalue weighted by Gasteiger charge is -2.40. The Kier molecular flexibility index (Phi) is 3.74. The average Bonchev–Trinajstić information content (AvgIpc) is 3.42. The first-order chi connectivity index (χ1) is 15.7. The van der Waals surface area contributed by atoms with Crippen LogP contribution >= 0.6 is 0 Å². The summed E-state index contributed by atoms with van der Waals surface area (Å²) in [7, 11) is 0. The van der Waals surface area contributed by atoms with Gasteiger partial charge in [0.25, 0.3) is 0 Å². The van der Waals surface area contributed by atoms with Crippen molar-refractivity contribution in [2.75, 3.05) is 4.90 Å². The quantitative estimate of drug-likeness (QED) is 0.292. The second-order valence-corrected chi connectivity index (χ2v) is 10.1. The predicted octanol–water partition coefficient (Wildman–Crippen LogP) is 6.98. The standard InChI is InChI=1S/C29H29N3/c1-19-16-27-21(18-28-30-23-11-5-7-13-25(23)32(27)28)17-26(19)31-20(2)29(14-8-3-9-15-29)22-10-4-6-12-24(22)31/h4-7,10-13,16-17,20H,3,8-9,14-15,18H2,1-2H3. The topological polar surface area (TPSA) is 21.1 Å². The fourth-order valence-electron chi connectivity index (χ4n) is 6.96. The van der Waals surface area contributed by atoms with Gasteiger partial charge in [-0.1, -0.05) is 49.6 Å². The van der Waals surface area contributed by atoms with E-state index < -0.39 is 0 Å². The zero-order chi connectivity index (χ0) is 21.4. The van der Waals surface area contributed by atoms with Crippen molar-refractivity contribution in [3.8, 4) is 5.69 Å². The molecule has 1 spiro atoms. The molecule has 1 saturated carbocycles. The number of imidazole rings is 1. The first-order valence-corrected chi connectivity index (χ1v) is 12.2. The van der Waals surface area contributed by atoms with Gasteiger partial charge in [-0.25, -0.2) is 4.98 Å². The molecule has 2 aliphatic heterocycles. The van der Waals surface area contributed by atoms with E-state index in [1.807, 2.05) is 0 Å². The Morgan fingerprint density at radius 1 is 0.875 bits per heavy atom. The molecule has 4 aromatic rings. The lowest BCUT2D eigenvalue weighted by Crippen LogP contribution is -2.42. The molecule has 1 unspecified atom stereocenters. The van der Waals surface area contributed by atoms with E-state index in [0.717, 1.165) is 17.8 Å². The van der Waals surface area contributed by atoms with E-state index in [1.54, 1.807) is 5.56 Å². The zero-order valence-electron chi connectivity index (χ0n) is 18.9. The van der Waals surface area contributed by atoms with E-state index >= 15 is 0 Å². The minimum atomic E-state index is 0.295. The largest absolute Gasteiger partial charge is 0.337 e. The predicted molar refractivity (Wildman–Crippen MR) is 131 cm³/mol. The van der Waals surface area contributed by atoms with Crippen LogP contribution < -0.4 is 4.90 Å². The fraction of sp³-hybridized carbons (Fsp3) is 0.345. The van der Waals surface area contributed by atoms with E-state index in [1.165, 1.54) is 65.8 Å². The van der Waals surface area contributed by atoms with E-state index in [-0.39, 0.29) is 0 Å². The number of rotatable bonds is 1. The van der Waals surface area contributed by atoms with Crippen LogP contribution in [0.15, 0.2) is 60.7 Å². The fourth-order valence-corrected chi connectivity index (χ4v) is 6.96. The Morgan fingerprint density at radius 3 is 2.53 bits per heavy atom. The maximum absolute atomic E-state index is 4.93. The van der Waals surface area contributed by atoms with Crippen LogP contribution in [0.4, 0.5) is 11.4 Å². The van der Waals surface area contributed by atoms with Gasteiger partial charge in [-0.05, 0) is 73.7 Å². The maximum atomic E-state index is 4.93. The van der Waals surface area contributed by atoms with Crippen LogP contribution in [-0.4, -0.2) is 15.6 Å². The number of aromatic nitrogens is 2. The normalized spacial score (nSPS) is 20.6. The van der Waals surface area contributed by atoms with E-state index in [2.05, 4.69) is 84.0 Å². The molecule has 3 heteroatoms. The van der Waals surface area contributed by atoms with Gasteiger partial charge in [0.2, 0.25) is 0 Å². The van der Waals surface area contributed by atoms with E-state index in [9.17, 15) is 0 Å². The Labute approximate surface area is 189 Å². The maximum Gasteiger partial charge on any atom is 0.118 e. The Bertz CT molecular complexity index is 1370. The highest BCUT2D eigenvalue weighted by atomic mass is 15.2. The van der Waals surface area contributed by atoms with Crippen LogP contribution in [0.1, 0.15) is 61.5 Å². The zero-order valence-corrected chi connectivity index (χ0v) is 18.9.